The molecular formula is C22H28N4O3. The first-order valence-corrected chi connectivity index (χ1v) is 10.2. The number of carbonyl (C=O) groups excluding carboxylic acids is 2. The van der Waals surface area contributed by atoms with Crippen molar-refractivity contribution in [1.29, 1.82) is 0 Å². The molecule has 0 bridgehead atoms. The Labute approximate surface area is 170 Å². The van der Waals surface area contributed by atoms with Gasteiger partial charge >= 0.3 is 6.09 Å². The summed E-state index contributed by atoms with van der Waals surface area (Å²) < 4.78 is 5.49. The summed E-state index contributed by atoms with van der Waals surface area (Å²) >= 11 is 0. The van der Waals surface area contributed by atoms with Crippen molar-refractivity contribution in [2.45, 2.75) is 52.6 Å². The number of ether oxygens (including phenoxy) is 1. The van der Waals surface area contributed by atoms with Crippen molar-refractivity contribution in [2.24, 2.45) is 5.92 Å². The lowest BCUT2D eigenvalue weighted by atomic mass is 9.93. The van der Waals surface area contributed by atoms with Gasteiger partial charge in [0.05, 0.1) is 0 Å². The molecule has 1 saturated carbocycles. The minimum absolute atomic E-state index is 0.0474. The van der Waals surface area contributed by atoms with Crippen LogP contribution in [0.2, 0.25) is 0 Å². The average Bonchev–Trinajstić information content (AvgIpc) is 3.41. The molecule has 0 radical (unpaired) electrons. The minimum Gasteiger partial charge on any atom is -0.444 e. The standard InChI is InChI=1S/C22H28N4O3/c1-13-17(14-8-11-26(12-9-14)21(28)29-22(2,3)4)16-7-10-23-19(16)24-18(13)25-20(27)15-5-6-15/h7-8,10,15H,5-6,9,11-12H2,1-4H3,(H2,23,24,25,27). The normalized spacial score (nSPS) is 17.2. The van der Waals surface area contributed by atoms with Crippen LogP contribution in [-0.2, 0) is 9.53 Å². The minimum atomic E-state index is -0.505. The third-order valence-corrected chi connectivity index (χ3v) is 5.32. The fourth-order valence-corrected chi connectivity index (χ4v) is 3.66. The van der Waals surface area contributed by atoms with Crippen molar-refractivity contribution in [1.82, 2.24) is 14.9 Å². The van der Waals surface area contributed by atoms with Crippen LogP contribution in [0.15, 0.2) is 18.3 Å². The summed E-state index contributed by atoms with van der Waals surface area (Å²) in [6, 6.07) is 2.01. The number of fused-ring (bicyclic) bond motifs is 1. The molecule has 0 spiro atoms. The Kier molecular flexibility index (Phi) is 4.84. The summed E-state index contributed by atoms with van der Waals surface area (Å²) in [4.78, 5) is 34.1. The Morgan fingerprint density at radius 2 is 2.07 bits per heavy atom. The zero-order chi connectivity index (χ0) is 20.8. The van der Waals surface area contributed by atoms with Gasteiger partial charge in [-0.3, -0.25) is 4.79 Å². The summed E-state index contributed by atoms with van der Waals surface area (Å²) in [5.74, 6) is 0.781. The molecule has 2 N–H and O–H groups in total. The zero-order valence-corrected chi connectivity index (χ0v) is 17.5. The van der Waals surface area contributed by atoms with Crippen LogP contribution in [-0.4, -0.2) is 45.6 Å². The second-order valence-corrected chi connectivity index (χ2v) is 8.87. The van der Waals surface area contributed by atoms with Crippen molar-refractivity contribution >= 4 is 34.4 Å². The molecule has 7 nitrogen and oxygen atoms in total. The van der Waals surface area contributed by atoms with Gasteiger partial charge in [-0.25, -0.2) is 9.78 Å². The van der Waals surface area contributed by atoms with Crippen LogP contribution in [0.1, 0.15) is 51.2 Å². The van der Waals surface area contributed by atoms with Gasteiger partial charge in [-0.05, 0) is 64.2 Å². The molecule has 7 heteroatoms. The lowest BCUT2D eigenvalue weighted by Crippen LogP contribution is -2.39. The lowest BCUT2D eigenvalue weighted by Gasteiger charge is -2.30. The van der Waals surface area contributed by atoms with Gasteiger partial charge in [-0.2, -0.15) is 0 Å². The van der Waals surface area contributed by atoms with Gasteiger partial charge in [0.1, 0.15) is 17.1 Å². The van der Waals surface area contributed by atoms with Gasteiger partial charge in [0.15, 0.2) is 0 Å². The van der Waals surface area contributed by atoms with Crippen LogP contribution < -0.4 is 5.32 Å². The van der Waals surface area contributed by atoms with Crippen molar-refractivity contribution in [2.75, 3.05) is 18.4 Å². The van der Waals surface area contributed by atoms with E-state index in [1.807, 2.05) is 40.0 Å². The maximum atomic E-state index is 12.4. The number of amides is 2. The molecule has 2 aliphatic rings. The number of nitrogens with zero attached hydrogens (tertiary/aromatic N) is 2. The van der Waals surface area contributed by atoms with Crippen molar-refractivity contribution < 1.29 is 14.3 Å². The van der Waals surface area contributed by atoms with E-state index in [1.165, 1.54) is 0 Å². The van der Waals surface area contributed by atoms with E-state index in [0.29, 0.717) is 18.9 Å². The van der Waals surface area contributed by atoms with E-state index in [9.17, 15) is 9.59 Å². The van der Waals surface area contributed by atoms with Gasteiger partial charge in [-0.1, -0.05) is 6.08 Å². The summed E-state index contributed by atoms with van der Waals surface area (Å²) in [6.07, 6.45) is 6.28. The molecule has 0 aromatic carbocycles. The zero-order valence-electron chi connectivity index (χ0n) is 17.5. The first kappa shape index (κ1) is 19.5. The molecule has 2 amide bonds. The molecule has 29 heavy (non-hydrogen) atoms. The molecular weight excluding hydrogens is 368 g/mol. The van der Waals surface area contributed by atoms with Crippen LogP contribution in [0.5, 0.6) is 0 Å². The second kappa shape index (κ2) is 7.21. The molecule has 1 aliphatic heterocycles. The van der Waals surface area contributed by atoms with Gasteiger partial charge in [-0.15, -0.1) is 0 Å². The van der Waals surface area contributed by atoms with Gasteiger partial charge < -0.3 is 19.9 Å². The lowest BCUT2D eigenvalue weighted by molar-refractivity contribution is -0.117. The molecule has 1 aliphatic carbocycles. The van der Waals surface area contributed by atoms with E-state index in [4.69, 9.17) is 4.74 Å². The van der Waals surface area contributed by atoms with Crippen LogP contribution in [0, 0.1) is 12.8 Å². The third-order valence-electron chi connectivity index (χ3n) is 5.32. The summed E-state index contributed by atoms with van der Waals surface area (Å²) in [6.45, 7) is 8.71. The van der Waals surface area contributed by atoms with Crippen molar-refractivity contribution in [3.63, 3.8) is 0 Å². The summed E-state index contributed by atoms with van der Waals surface area (Å²) in [5, 5.41) is 4.04. The largest absolute Gasteiger partial charge is 0.444 e. The molecule has 154 valence electrons. The monoisotopic (exact) mass is 396 g/mol. The van der Waals surface area contributed by atoms with E-state index < -0.39 is 5.60 Å². The fourth-order valence-electron chi connectivity index (χ4n) is 3.66. The van der Waals surface area contributed by atoms with E-state index in [2.05, 4.69) is 21.4 Å². The summed E-state index contributed by atoms with van der Waals surface area (Å²) in [5.41, 5.74) is 3.46. The Morgan fingerprint density at radius 1 is 1.31 bits per heavy atom. The molecule has 0 saturated heterocycles. The average molecular weight is 396 g/mol. The number of rotatable bonds is 3. The second-order valence-electron chi connectivity index (χ2n) is 8.87. The maximum Gasteiger partial charge on any atom is 0.410 e. The Bertz CT molecular complexity index is 995. The molecule has 2 aromatic rings. The number of pyridine rings is 1. The predicted octanol–water partition coefficient (Wildman–Crippen LogP) is 4.24. The van der Waals surface area contributed by atoms with Gasteiger partial charge in [0.2, 0.25) is 5.91 Å². The first-order valence-electron chi connectivity index (χ1n) is 10.2. The van der Waals surface area contributed by atoms with Crippen LogP contribution >= 0.6 is 0 Å². The number of carbonyl (C=O) groups is 2. The summed E-state index contributed by atoms with van der Waals surface area (Å²) in [7, 11) is 0. The number of aromatic amines is 1. The Balaban J connectivity index is 1.61. The number of anilines is 1. The highest BCUT2D eigenvalue weighted by molar-refractivity contribution is 5.99. The smallest absolute Gasteiger partial charge is 0.410 e. The highest BCUT2D eigenvalue weighted by atomic mass is 16.6. The number of hydrogen-bond acceptors (Lipinski definition) is 4. The van der Waals surface area contributed by atoms with Crippen LogP contribution in [0.3, 0.4) is 0 Å². The highest BCUT2D eigenvalue weighted by Crippen LogP contribution is 2.36. The Morgan fingerprint density at radius 3 is 2.69 bits per heavy atom. The van der Waals surface area contributed by atoms with Crippen molar-refractivity contribution in [3.8, 4) is 0 Å². The topological polar surface area (TPSA) is 87.3 Å². The molecule has 3 heterocycles. The van der Waals surface area contributed by atoms with E-state index >= 15 is 0 Å². The molecule has 0 unspecified atom stereocenters. The highest BCUT2D eigenvalue weighted by Gasteiger charge is 2.31. The number of aromatic nitrogens is 2. The van der Waals surface area contributed by atoms with Crippen LogP contribution in [0.4, 0.5) is 10.6 Å². The quantitative estimate of drug-likeness (QED) is 0.812. The van der Waals surface area contributed by atoms with Crippen LogP contribution in [0.25, 0.3) is 16.6 Å². The molecule has 4 rings (SSSR count). The fraction of sp³-hybridized carbons (Fsp3) is 0.500. The number of hydrogen-bond donors (Lipinski definition) is 2. The van der Waals surface area contributed by atoms with E-state index in [1.54, 1.807) is 4.90 Å². The predicted molar refractivity (Wildman–Crippen MR) is 113 cm³/mol. The molecule has 2 aromatic heterocycles. The van der Waals surface area contributed by atoms with Gasteiger partial charge in [0, 0.05) is 36.2 Å². The van der Waals surface area contributed by atoms with E-state index in [-0.39, 0.29) is 17.9 Å². The third kappa shape index (κ3) is 4.13. The first-order chi connectivity index (χ1) is 13.7. The number of nitrogens with one attached hydrogen (secondary N) is 2. The molecule has 0 atom stereocenters. The van der Waals surface area contributed by atoms with Gasteiger partial charge in [0.25, 0.3) is 0 Å². The SMILES string of the molecule is Cc1c(NC(=O)C2CC2)nc2[nH]ccc2c1C1=CCN(C(=O)OC(C)(C)C)CC1. The van der Waals surface area contributed by atoms with E-state index in [0.717, 1.165) is 47.0 Å². The number of H-pyrrole nitrogens is 1. The maximum absolute atomic E-state index is 12.4. The Hall–Kier alpha value is -2.83. The van der Waals surface area contributed by atoms with Crippen molar-refractivity contribution in [3.05, 3.63) is 29.5 Å². The molecule has 1 fully saturated rings.